The summed E-state index contributed by atoms with van der Waals surface area (Å²) in [5.74, 6) is -0.474. The lowest BCUT2D eigenvalue weighted by Gasteiger charge is -2.21. The van der Waals surface area contributed by atoms with Crippen molar-refractivity contribution in [1.82, 2.24) is 9.55 Å². The molecule has 3 aromatic rings. The minimum absolute atomic E-state index is 0.0913. The lowest BCUT2D eigenvalue weighted by molar-refractivity contribution is -0.152. The summed E-state index contributed by atoms with van der Waals surface area (Å²) in [5.41, 5.74) is 1.80. The van der Waals surface area contributed by atoms with Crippen molar-refractivity contribution in [3.63, 3.8) is 0 Å². The molecule has 0 saturated carbocycles. The summed E-state index contributed by atoms with van der Waals surface area (Å²) in [6.45, 7) is 3.60. The summed E-state index contributed by atoms with van der Waals surface area (Å²) < 4.78 is 7.21. The topological polar surface area (TPSA) is 84.3 Å². The van der Waals surface area contributed by atoms with Crippen molar-refractivity contribution in [3.8, 4) is 5.75 Å². The van der Waals surface area contributed by atoms with E-state index in [-0.39, 0.29) is 5.69 Å². The molecule has 1 heterocycles. The zero-order valence-electron chi connectivity index (χ0n) is 16.7. The van der Waals surface area contributed by atoms with Gasteiger partial charge in [-0.15, -0.1) is 0 Å². The van der Waals surface area contributed by atoms with Gasteiger partial charge in [0.2, 0.25) is 0 Å². The normalized spacial score (nSPS) is 11.4. The number of hydrogen-bond donors (Lipinski definition) is 2. The van der Waals surface area contributed by atoms with Gasteiger partial charge in [-0.2, -0.15) is 0 Å². The van der Waals surface area contributed by atoms with Gasteiger partial charge in [-0.1, -0.05) is 42.5 Å². The van der Waals surface area contributed by atoms with Crippen LogP contribution >= 0.6 is 0 Å². The molecule has 0 aliphatic carbocycles. The number of aromatic amines is 1. The van der Waals surface area contributed by atoms with E-state index in [1.165, 1.54) is 13.8 Å². The van der Waals surface area contributed by atoms with E-state index in [0.29, 0.717) is 12.3 Å². The minimum atomic E-state index is -1.26. The molecule has 0 aliphatic heterocycles. The molecule has 0 amide bonds. The number of nitrogens with one attached hydrogen (secondary N) is 1. The van der Waals surface area contributed by atoms with Crippen LogP contribution in [0.2, 0.25) is 0 Å². The fourth-order valence-corrected chi connectivity index (χ4v) is 3.06. The number of hydrogen-bond acceptors (Lipinski definition) is 3. The molecule has 3 rings (SSSR count). The fraction of sp³-hybridized carbons (Fsp3) is 0.304. The summed E-state index contributed by atoms with van der Waals surface area (Å²) in [6.07, 6.45) is 4.42. The summed E-state index contributed by atoms with van der Waals surface area (Å²) in [6, 6.07) is 17.4. The SMILES string of the molecule is CC(C)(Oc1ccc(CCCc2cn(Cc3ccccc3)c(=O)[nH]2)cc1)C(=O)O. The molecule has 0 aliphatic rings. The second kappa shape index (κ2) is 8.82. The first-order chi connectivity index (χ1) is 13.8. The number of carboxylic acids is 1. The number of carboxylic acid groups (broad SMARTS) is 1. The molecule has 6 heteroatoms. The van der Waals surface area contributed by atoms with Crippen LogP contribution in [0.5, 0.6) is 5.75 Å². The molecule has 1 aromatic heterocycles. The Balaban J connectivity index is 1.52. The molecule has 0 atom stereocenters. The Hall–Kier alpha value is -3.28. The van der Waals surface area contributed by atoms with Gasteiger partial charge in [-0.3, -0.25) is 4.57 Å². The van der Waals surface area contributed by atoms with E-state index in [1.54, 1.807) is 16.7 Å². The molecular weight excluding hydrogens is 368 g/mol. The van der Waals surface area contributed by atoms with Gasteiger partial charge < -0.3 is 14.8 Å². The van der Waals surface area contributed by atoms with Crippen LogP contribution in [0.4, 0.5) is 0 Å². The molecule has 6 nitrogen and oxygen atoms in total. The number of aryl methyl sites for hydroxylation is 2. The average Bonchev–Trinajstić information content (AvgIpc) is 3.03. The number of imidazole rings is 1. The first kappa shape index (κ1) is 20.5. The average molecular weight is 394 g/mol. The van der Waals surface area contributed by atoms with E-state index in [4.69, 9.17) is 9.84 Å². The van der Waals surface area contributed by atoms with Crippen LogP contribution < -0.4 is 10.4 Å². The lowest BCUT2D eigenvalue weighted by Crippen LogP contribution is -2.37. The highest BCUT2D eigenvalue weighted by Gasteiger charge is 2.29. The van der Waals surface area contributed by atoms with E-state index in [0.717, 1.165) is 36.1 Å². The Kier molecular flexibility index (Phi) is 6.22. The molecule has 0 unspecified atom stereocenters. The number of benzene rings is 2. The maximum Gasteiger partial charge on any atom is 0.347 e. The Labute approximate surface area is 169 Å². The van der Waals surface area contributed by atoms with Gasteiger partial charge in [0.1, 0.15) is 5.75 Å². The standard InChI is InChI=1S/C23H26N2O4/c1-23(2,21(26)27)29-20-13-11-17(12-14-20)9-6-10-19-16-25(22(28)24-19)15-18-7-4-3-5-8-18/h3-5,7-8,11-14,16H,6,9-10,15H2,1-2H3,(H,24,28)(H,26,27). The summed E-state index contributed by atoms with van der Waals surface area (Å²) in [7, 11) is 0. The van der Waals surface area contributed by atoms with Crippen LogP contribution in [0, 0.1) is 0 Å². The molecule has 29 heavy (non-hydrogen) atoms. The smallest absolute Gasteiger partial charge is 0.347 e. The first-order valence-electron chi connectivity index (χ1n) is 9.67. The molecule has 0 radical (unpaired) electrons. The molecule has 0 fully saturated rings. The third-order valence-corrected chi connectivity index (χ3v) is 4.76. The van der Waals surface area contributed by atoms with Gasteiger partial charge >= 0.3 is 11.7 Å². The molecule has 0 spiro atoms. The van der Waals surface area contributed by atoms with Crippen LogP contribution in [0.25, 0.3) is 0 Å². The molecular formula is C23H26N2O4. The van der Waals surface area contributed by atoms with Gasteiger partial charge in [0.15, 0.2) is 5.60 Å². The lowest BCUT2D eigenvalue weighted by atomic mass is 10.1. The predicted molar refractivity (Wildman–Crippen MR) is 111 cm³/mol. The number of H-pyrrole nitrogens is 1. The highest BCUT2D eigenvalue weighted by molar-refractivity contribution is 5.76. The number of aliphatic carboxylic acids is 1. The Bertz CT molecular complexity index is 1000. The maximum absolute atomic E-state index is 12.1. The molecule has 2 aromatic carbocycles. The Morgan fingerprint density at radius 2 is 1.72 bits per heavy atom. The highest BCUT2D eigenvalue weighted by atomic mass is 16.5. The third-order valence-electron chi connectivity index (χ3n) is 4.76. The van der Waals surface area contributed by atoms with Crippen molar-refractivity contribution >= 4 is 5.97 Å². The molecule has 0 bridgehead atoms. The fourth-order valence-electron chi connectivity index (χ4n) is 3.06. The largest absolute Gasteiger partial charge is 0.478 e. The second-order valence-corrected chi connectivity index (χ2v) is 7.61. The number of nitrogens with zero attached hydrogens (tertiary/aromatic N) is 1. The molecule has 152 valence electrons. The van der Waals surface area contributed by atoms with Crippen molar-refractivity contribution in [3.05, 3.63) is 88.1 Å². The van der Waals surface area contributed by atoms with Crippen LogP contribution in [-0.4, -0.2) is 26.2 Å². The number of rotatable bonds is 9. The number of ether oxygens (including phenoxy) is 1. The minimum Gasteiger partial charge on any atom is -0.478 e. The van der Waals surface area contributed by atoms with Gasteiger partial charge in [0, 0.05) is 11.9 Å². The highest BCUT2D eigenvalue weighted by Crippen LogP contribution is 2.20. The van der Waals surface area contributed by atoms with Gasteiger partial charge in [-0.05, 0) is 56.4 Å². The van der Waals surface area contributed by atoms with Gasteiger partial charge in [0.05, 0.1) is 6.54 Å². The van der Waals surface area contributed by atoms with Crippen molar-refractivity contribution < 1.29 is 14.6 Å². The van der Waals surface area contributed by atoms with Crippen LogP contribution in [-0.2, 0) is 24.2 Å². The van der Waals surface area contributed by atoms with E-state index in [9.17, 15) is 9.59 Å². The van der Waals surface area contributed by atoms with Crippen LogP contribution in [0.1, 0.15) is 37.1 Å². The third kappa shape index (κ3) is 5.60. The van der Waals surface area contributed by atoms with E-state index in [2.05, 4.69) is 4.98 Å². The zero-order chi connectivity index (χ0) is 20.9. The monoisotopic (exact) mass is 394 g/mol. The van der Waals surface area contributed by atoms with Crippen LogP contribution in [0.3, 0.4) is 0 Å². The quantitative estimate of drug-likeness (QED) is 0.580. The molecule has 2 N–H and O–H groups in total. The molecule has 0 saturated heterocycles. The van der Waals surface area contributed by atoms with Crippen molar-refractivity contribution in [2.24, 2.45) is 0 Å². The van der Waals surface area contributed by atoms with Crippen molar-refractivity contribution in [2.45, 2.75) is 45.3 Å². The van der Waals surface area contributed by atoms with Crippen molar-refractivity contribution in [1.29, 1.82) is 0 Å². The zero-order valence-corrected chi connectivity index (χ0v) is 16.7. The summed E-state index contributed by atoms with van der Waals surface area (Å²) >= 11 is 0. The van der Waals surface area contributed by atoms with E-state index >= 15 is 0 Å². The van der Waals surface area contributed by atoms with Crippen molar-refractivity contribution in [2.75, 3.05) is 0 Å². The van der Waals surface area contributed by atoms with Crippen LogP contribution in [0.15, 0.2) is 65.6 Å². The second-order valence-electron chi connectivity index (χ2n) is 7.61. The summed E-state index contributed by atoms with van der Waals surface area (Å²) in [5, 5.41) is 9.13. The van der Waals surface area contributed by atoms with Gasteiger partial charge in [-0.25, -0.2) is 9.59 Å². The van der Waals surface area contributed by atoms with E-state index in [1.807, 2.05) is 48.7 Å². The Morgan fingerprint density at radius 1 is 1.03 bits per heavy atom. The van der Waals surface area contributed by atoms with Gasteiger partial charge in [0.25, 0.3) is 0 Å². The first-order valence-corrected chi connectivity index (χ1v) is 9.67. The summed E-state index contributed by atoms with van der Waals surface area (Å²) in [4.78, 5) is 26.2. The predicted octanol–water partition coefficient (Wildman–Crippen LogP) is 3.64. The maximum atomic E-state index is 12.1. The number of aromatic nitrogens is 2. The Morgan fingerprint density at radius 3 is 2.38 bits per heavy atom. The number of carbonyl (C=O) groups is 1. The van der Waals surface area contributed by atoms with E-state index < -0.39 is 11.6 Å².